The van der Waals surface area contributed by atoms with Crippen LogP contribution in [0.5, 0.6) is 5.75 Å². The van der Waals surface area contributed by atoms with Gasteiger partial charge in [-0.25, -0.2) is 0 Å². The number of ether oxygens (including phenoxy) is 1. The maximum absolute atomic E-state index is 8.90. The van der Waals surface area contributed by atoms with Crippen molar-refractivity contribution in [2.45, 2.75) is 19.0 Å². The van der Waals surface area contributed by atoms with Crippen LogP contribution in [-0.2, 0) is 6.54 Å². The molecule has 90 valence electrons. The van der Waals surface area contributed by atoms with E-state index in [2.05, 4.69) is 11.0 Å². The Hall–Kier alpha value is -1.57. The van der Waals surface area contributed by atoms with Crippen molar-refractivity contribution in [2.75, 3.05) is 20.2 Å². The highest BCUT2D eigenvalue weighted by Gasteiger charge is 2.19. The minimum atomic E-state index is 0.301. The van der Waals surface area contributed by atoms with Gasteiger partial charge in [0.15, 0.2) is 0 Å². The molecular formula is C13H17N3O. The Morgan fingerprint density at radius 2 is 2.41 bits per heavy atom. The highest BCUT2D eigenvalue weighted by molar-refractivity contribution is 5.45. The lowest BCUT2D eigenvalue weighted by atomic mass is 10.1. The summed E-state index contributed by atoms with van der Waals surface area (Å²) < 4.78 is 5.20. The van der Waals surface area contributed by atoms with E-state index in [1.165, 1.54) is 0 Å². The molecule has 1 saturated heterocycles. The number of nitrogens with zero attached hydrogens (tertiary/aromatic N) is 2. The van der Waals surface area contributed by atoms with E-state index in [1.807, 2.05) is 18.2 Å². The summed E-state index contributed by atoms with van der Waals surface area (Å²) >= 11 is 0. The Morgan fingerprint density at radius 3 is 3.00 bits per heavy atom. The minimum absolute atomic E-state index is 0.301. The zero-order valence-electron chi connectivity index (χ0n) is 10.0. The van der Waals surface area contributed by atoms with Gasteiger partial charge in [-0.05, 0) is 24.1 Å². The second-order valence-electron chi connectivity index (χ2n) is 4.43. The molecule has 0 bridgehead atoms. The topological polar surface area (TPSA) is 62.3 Å². The van der Waals surface area contributed by atoms with E-state index in [4.69, 9.17) is 15.7 Å². The normalized spacial score (nSPS) is 20.2. The number of hydrogen-bond donors (Lipinski definition) is 1. The van der Waals surface area contributed by atoms with Crippen LogP contribution in [-0.4, -0.2) is 31.1 Å². The zero-order chi connectivity index (χ0) is 12.3. The van der Waals surface area contributed by atoms with Crippen LogP contribution in [0.2, 0.25) is 0 Å². The molecule has 2 N–H and O–H groups in total. The molecule has 1 aliphatic rings. The Labute approximate surface area is 102 Å². The van der Waals surface area contributed by atoms with E-state index in [0.29, 0.717) is 17.4 Å². The smallest absolute Gasteiger partial charge is 0.136 e. The average Bonchev–Trinajstić information content (AvgIpc) is 2.74. The maximum atomic E-state index is 8.90. The van der Waals surface area contributed by atoms with E-state index < -0.39 is 0 Å². The lowest BCUT2D eigenvalue weighted by Gasteiger charge is -2.15. The third kappa shape index (κ3) is 2.76. The van der Waals surface area contributed by atoms with E-state index in [-0.39, 0.29) is 0 Å². The fourth-order valence-electron chi connectivity index (χ4n) is 2.19. The van der Waals surface area contributed by atoms with Gasteiger partial charge >= 0.3 is 0 Å². The maximum Gasteiger partial charge on any atom is 0.136 e. The van der Waals surface area contributed by atoms with E-state index in [1.54, 1.807) is 7.11 Å². The molecule has 0 saturated carbocycles. The molecule has 4 heteroatoms. The van der Waals surface area contributed by atoms with E-state index in [0.717, 1.165) is 31.6 Å². The number of nitriles is 1. The molecule has 0 aliphatic carbocycles. The minimum Gasteiger partial charge on any atom is -0.495 e. The summed E-state index contributed by atoms with van der Waals surface area (Å²) in [6, 6.07) is 8.14. The third-order valence-corrected chi connectivity index (χ3v) is 3.10. The van der Waals surface area contributed by atoms with Crippen LogP contribution in [0.15, 0.2) is 18.2 Å². The Morgan fingerprint density at radius 1 is 1.59 bits per heavy atom. The van der Waals surface area contributed by atoms with Gasteiger partial charge in [0.25, 0.3) is 0 Å². The second-order valence-corrected chi connectivity index (χ2v) is 4.43. The second kappa shape index (κ2) is 5.17. The van der Waals surface area contributed by atoms with Gasteiger partial charge in [0, 0.05) is 25.7 Å². The summed E-state index contributed by atoms with van der Waals surface area (Å²) in [5, 5.41) is 8.90. The van der Waals surface area contributed by atoms with Gasteiger partial charge in [0.2, 0.25) is 0 Å². The first-order valence-electron chi connectivity index (χ1n) is 5.78. The van der Waals surface area contributed by atoms with E-state index >= 15 is 0 Å². The van der Waals surface area contributed by atoms with Crippen molar-refractivity contribution in [2.24, 2.45) is 5.73 Å². The fourth-order valence-corrected chi connectivity index (χ4v) is 2.19. The number of methoxy groups -OCH3 is 1. The standard InChI is InChI=1S/C13H17N3O/c1-17-13-6-10(2-3-11(13)7-14)8-16-5-4-12(15)9-16/h2-3,6,12H,4-5,8-9,15H2,1H3/t12-/m1/s1. The van der Waals surface area contributed by atoms with Gasteiger partial charge in [0.1, 0.15) is 11.8 Å². The molecule has 1 heterocycles. The van der Waals surface area contributed by atoms with Crippen LogP contribution in [0.1, 0.15) is 17.5 Å². The van der Waals surface area contributed by atoms with Crippen molar-refractivity contribution in [1.82, 2.24) is 4.90 Å². The zero-order valence-corrected chi connectivity index (χ0v) is 10.0. The summed E-state index contributed by atoms with van der Waals surface area (Å²) in [5.41, 5.74) is 7.61. The predicted molar refractivity (Wildman–Crippen MR) is 65.6 cm³/mol. The predicted octanol–water partition coefficient (Wildman–Crippen LogP) is 1.10. The van der Waals surface area contributed by atoms with Crippen molar-refractivity contribution in [3.63, 3.8) is 0 Å². The molecular weight excluding hydrogens is 214 g/mol. The van der Waals surface area contributed by atoms with Crippen LogP contribution < -0.4 is 10.5 Å². The molecule has 4 nitrogen and oxygen atoms in total. The molecule has 2 rings (SSSR count). The van der Waals surface area contributed by atoms with Crippen molar-refractivity contribution < 1.29 is 4.74 Å². The number of rotatable bonds is 3. The number of hydrogen-bond acceptors (Lipinski definition) is 4. The lowest BCUT2D eigenvalue weighted by Crippen LogP contribution is -2.26. The average molecular weight is 231 g/mol. The highest BCUT2D eigenvalue weighted by atomic mass is 16.5. The molecule has 1 aromatic carbocycles. The van der Waals surface area contributed by atoms with Gasteiger partial charge in [0.05, 0.1) is 12.7 Å². The molecule has 1 aromatic rings. The number of nitrogens with two attached hydrogens (primary N) is 1. The Balaban J connectivity index is 2.09. The van der Waals surface area contributed by atoms with Crippen molar-refractivity contribution in [1.29, 1.82) is 5.26 Å². The molecule has 0 radical (unpaired) electrons. The van der Waals surface area contributed by atoms with Gasteiger partial charge in [-0.15, -0.1) is 0 Å². The third-order valence-electron chi connectivity index (χ3n) is 3.10. The van der Waals surface area contributed by atoms with Crippen LogP contribution in [0.3, 0.4) is 0 Å². The van der Waals surface area contributed by atoms with Crippen molar-refractivity contribution in [3.05, 3.63) is 29.3 Å². The summed E-state index contributed by atoms with van der Waals surface area (Å²) in [7, 11) is 1.59. The number of benzene rings is 1. The van der Waals surface area contributed by atoms with Gasteiger partial charge < -0.3 is 10.5 Å². The first-order valence-corrected chi connectivity index (χ1v) is 5.78. The molecule has 17 heavy (non-hydrogen) atoms. The fraction of sp³-hybridized carbons (Fsp3) is 0.462. The highest BCUT2D eigenvalue weighted by Crippen LogP contribution is 2.21. The molecule has 0 amide bonds. The van der Waals surface area contributed by atoms with Crippen LogP contribution in [0.25, 0.3) is 0 Å². The molecule has 1 fully saturated rings. The number of likely N-dealkylation sites (tertiary alicyclic amines) is 1. The van der Waals surface area contributed by atoms with Gasteiger partial charge in [-0.1, -0.05) is 6.07 Å². The van der Waals surface area contributed by atoms with Crippen molar-refractivity contribution >= 4 is 0 Å². The van der Waals surface area contributed by atoms with Crippen LogP contribution in [0.4, 0.5) is 0 Å². The molecule has 0 spiro atoms. The SMILES string of the molecule is COc1cc(CN2CC[C@@H](N)C2)ccc1C#N. The van der Waals surface area contributed by atoms with Crippen molar-refractivity contribution in [3.8, 4) is 11.8 Å². The summed E-state index contributed by atoms with van der Waals surface area (Å²) in [5.74, 6) is 0.647. The lowest BCUT2D eigenvalue weighted by molar-refractivity contribution is 0.326. The monoisotopic (exact) mass is 231 g/mol. The molecule has 0 aromatic heterocycles. The summed E-state index contributed by atoms with van der Waals surface area (Å²) in [6.07, 6.45) is 1.06. The Bertz CT molecular complexity index is 439. The first kappa shape index (κ1) is 11.9. The molecule has 0 unspecified atom stereocenters. The molecule has 1 atom stereocenters. The summed E-state index contributed by atoms with van der Waals surface area (Å²) in [4.78, 5) is 2.32. The largest absolute Gasteiger partial charge is 0.495 e. The first-order chi connectivity index (χ1) is 8.22. The van der Waals surface area contributed by atoms with Gasteiger partial charge in [-0.3, -0.25) is 4.90 Å². The van der Waals surface area contributed by atoms with Crippen LogP contribution >= 0.6 is 0 Å². The quantitative estimate of drug-likeness (QED) is 0.846. The summed E-state index contributed by atoms with van der Waals surface area (Å²) in [6.45, 7) is 2.86. The molecule has 1 aliphatic heterocycles. The van der Waals surface area contributed by atoms with Gasteiger partial charge in [-0.2, -0.15) is 5.26 Å². The van der Waals surface area contributed by atoms with E-state index in [9.17, 15) is 0 Å². The van der Waals surface area contributed by atoms with Crippen LogP contribution in [0, 0.1) is 11.3 Å². The Kier molecular flexibility index (Phi) is 3.62.